The average Bonchev–Trinajstić information content (AvgIpc) is 2.92. The van der Waals surface area contributed by atoms with E-state index >= 15 is 0 Å². The molecule has 4 aromatic rings. The minimum Gasteiger partial charge on any atom is -0.494 e. The Labute approximate surface area is 233 Å². The third-order valence-electron chi connectivity index (χ3n) is 7.18. The Morgan fingerprint density at radius 3 is 2.38 bits per heavy atom. The number of carbonyl (C=O) groups is 1. The summed E-state index contributed by atoms with van der Waals surface area (Å²) in [5.41, 5.74) is 7.17. The van der Waals surface area contributed by atoms with Gasteiger partial charge in [-0.3, -0.25) is 4.79 Å². The zero-order chi connectivity index (χ0) is 27.9. The highest BCUT2D eigenvalue weighted by molar-refractivity contribution is 5.97. The largest absolute Gasteiger partial charge is 0.494 e. The van der Waals surface area contributed by atoms with Gasteiger partial charge in [-0.25, -0.2) is 0 Å². The number of aryl methyl sites for hydroxylation is 2. The van der Waals surface area contributed by atoms with Crippen LogP contribution in [0.15, 0.2) is 78.9 Å². The molecule has 0 heterocycles. The van der Waals surface area contributed by atoms with Crippen molar-refractivity contribution in [1.82, 2.24) is 5.32 Å². The van der Waals surface area contributed by atoms with E-state index < -0.39 is 0 Å². The van der Waals surface area contributed by atoms with E-state index in [1.165, 1.54) is 38.6 Å². The van der Waals surface area contributed by atoms with Gasteiger partial charge in [0.25, 0.3) is 0 Å². The zero-order valence-electron chi connectivity index (χ0n) is 24.1. The van der Waals surface area contributed by atoms with Crippen molar-refractivity contribution in [3.63, 3.8) is 0 Å². The monoisotopic (exact) mass is 523 g/mol. The van der Waals surface area contributed by atoms with Gasteiger partial charge in [-0.2, -0.15) is 0 Å². The maximum atomic E-state index is 12.2. The lowest BCUT2D eigenvalue weighted by Crippen LogP contribution is -2.22. The van der Waals surface area contributed by atoms with E-state index in [0.717, 1.165) is 11.3 Å². The molecule has 0 amide bonds. The number of carbonyl (C=O) groups excluding carboxylic acids is 1. The second-order valence-electron chi connectivity index (χ2n) is 10.6. The van der Waals surface area contributed by atoms with Crippen molar-refractivity contribution in [1.29, 1.82) is 0 Å². The van der Waals surface area contributed by atoms with E-state index in [1.807, 2.05) is 26.8 Å². The zero-order valence-corrected chi connectivity index (χ0v) is 24.1. The lowest BCUT2D eigenvalue weighted by Gasteiger charge is -2.23. The van der Waals surface area contributed by atoms with Crippen molar-refractivity contribution in [2.75, 3.05) is 6.61 Å². The van der Waals surface area contributed by atoms with Gasteiger partial charge in [-0.15, -0.1) is 0 Å². The first kappa shape index (κ1) is 28.4. The van der Waals surface area contributed by atoms with Crippen molar-refractivity contribution < 1.29 is 14.3 Å². The summed E-state index contributed by atoms with van der Waals surface area (Å²) in [6.07, 6.45) is 0.956. The van der Waals surface area contributed by atoms with Crippen LogP contribution >= 0.6 is 0 Å². The van der Waals surface area contributed by atoms with Crippen LogP contribution in [0.5, 0.6) is 5.75 Å². The number of hydrogen-bond donors (Lipinski definition) is 1. The normalized spacial score (nSPS) is 12.9. The van der Waals surface area contributed by atoms with Crippen LogP contribution in [0.3, 0.4) is 0 Å². The molecular formula is C35H41NO3. The number of ether oxygens (including phenoxy) is 2. The highest BCUT2D eigenvalue weighted by atomic mass is 16.5. The summed E-state index contributed by atoms with van der Waals surface area (Å²) in [6, 6.07) is 28.4. The molecule has 2 atom stereocenters. The van der Waals surface area contributed by atoms with E-state index in [9.17, 15) is 4.79 Å². The van der Waals surface area contributed by atoms with Crippen LogP contribution in [0.25, 0.3) is 21.9 Å². The highest BCUT2D eigenvalue weighted by Gasteiger charge is 2.16. The maximum Gasteiger partial charge on any atom is 0.306 e. The van der Waals surface area contributed by atoms with Crippen molar-refractivity contribution in [3.05, 3.63) is 101 Å². The lowest BCUT2D eigenvalue weighted by atomic mass is 9.91. The summed E-state index contributed by atoms with van der Waals surface area (Å²) in [6.45, 7) is 13.0. The van der Waals surface area contributed by atoms with Crippen molar-refractivity contribution in [2.24, 2.45) is 0 Å². The van der Waals surface area contributed by atoms with Crippen LogP contribution in [0.2, 0.25) is 0 Å². The smallest absolute Gasteiger partial charge is 0.306 e. The topological polar surface area (TPSA) is 47.6 Å². The van der Waals surface area contributed by atoms with Gasteiger partial charge in [0.15, 0.2) is 0 Å². The molecule has 39 heavy (non-hydrogen) atoms. The summed E-state index contributed by atoms with van der Waals surface area (Å²) in [7, 11) is 0. The van der Waals surface area contributed by atoms with Crippen LogP contribution < -0.4 is 10.1 Å². The van der Waals surface area contributed by atoms with Gasteiger partial charge in [-0.1, -0.05) is 54.6 Å². The van der Waals surface area contributed by atoms with E-state index in [1.54, 1.807) is 0 Å². The Kier molecular flexibility index (Phi) is 9.42. The Morgan fingerprint density at radius 2 is 1.62 bits per heavy atom. The molecule has 4 rings (SSSR count). The second-order valence-corrected chi connectivity index (χ2v) is 10.6. The number of nitrogens with one attached hydrogen (secondary N) is 1. The predicted octanol–water partition coefficient (Wildman–Crippen LogP) is 8.51. The molecule has 0 aliphatic carbocycles. The van der Waals surface area contributed by atoms with Gasteiger partial charge < -0.3 is 14.8 Å². The summed E-state index contributed by atoms with van der Waals surface area (Å²) in [5.74, 6) is 0.750. The lowest BCUT2D eigenvalue weighted by molar-refractivity contribution is -0.147. The fourth-order valence-electron chi connectivity index (χ4n) is 5.10. The molecule has 0 bridgehead atoms. The fraction of sp³-hybridized carbons (Fsp3) is 0.343. The van der Waals surface area contributed by atoms with Gasteiger partial charge in [0.2, 0.25) is 0 Å². The van der Waals surface area contributed by atoms with Crippen molar-refractivity contribution >= 4 is 16.7 Å². The van der Waals surface area contributed by atoms with E-state index in [-0.39, 0.29) is 24.2 Å². The average molecular weight is 524 g/mol. The molecule has 1 unspecified atom stereocenters. The Hall–Kier alpha value is -3.63. The summed E-state index contributed by atoms with van der Waals surface area (Å²) < 4.78 is 11.1. The molecule has 0 radical (unpaired) electrons. The van der Waals surface area contributed by atoms with Crippen molar-refractivity contribution in [3.8, 4) is 16.9 Å². The molecule has 4 heteroatoms. The molecule has 4 aromatic carbocycles. The van der Waals surface area contributed by atoms with Crippen molar-refractivity contribution in [2.45, 2.75) is 72.6 Å². The fourth-order valence-corrected chi connectivity index (χ4v) is 5.10. The first-order valence-corrected chi connectivity index (χ1v) is 14.1. The third kappa shape index (κ3) is 7.27. The first-order chi connectivity index (χ1) is 18.7. The number of benzene rings is 4. The third-order valence-corrected chi connectivity index (χ3v) is 7.18. The van der Waals surface area contributed by atoms with Gasteiger partial charge in [-0.05, 0) is 116 Å². The van der Waals surface area contributed by atoms with Crippen LogP contribution in [-0.4, -0.2) is 18.7 Å². The minimum absolute atomic E-state index is 0.0917. The summed E-state index contributed by atoms with van der Waals surface area (Å²) in [5, 5.41) is 6.22. The summed E-state index contributed by atoms with van der Waals surface area (Å²) >= 11 is 0. The summed E-state index contributed by atoms with van der Waals surface area (Å²) in [4.78, 5) is 12.2. The number of fused-ring (bicyclic) bond motifs is 1. The quantitative estimate of drug-likeness (QED) is 0.200. The maximum absolute atomic E-state index is 12.2. The molecule has 1 N–H and O–H groups in total. The Morgan fingerprint density at radius 1 is 0.846 bits per heavy atom. The van der Waals surface area contributed by atoms with Gasteiger partial charge in [0.05, 0.1) is 12.7 Å². The minimum atomic E-state index is -0.150. The van der Waals surface area contributed by atoms with E-state index in [2.05, 4.69) is 98.9 Å². The van der Waals surface area contributed by atoms with E-state index in [4.69, 9.17) is 9.47 Å². The number of esters is 1. The number of rotatable bonds is 11. The second kappa shape index (κ2) is 12.9. The van der Waals surface area contributed by atoms with Gasteiger partial charge >= 0.3 is 5.97 Å². The molecule has 0 fully saturated rings. The molecule has 0 aromatic heterocycles. The molecule has 0 saturated carbocycles. The molecular weight excluding hydrogens is 482 g/mol. The molecule has 0 aliphatic heterocycles. The van der Waals surface area contributed by atoms with E-state index in [0.29, 0.717) is 19.4 Å². The van der Waals surface area contributed by atoms with Gasteiger partial charge in [0.1, 0.15) is 5.75 Å². The first-order valence-electron chi connectivity index (χ1n) is 14.1. The number of hydrogen-bond acceptors (Lipinski definition) is 4. The predicted molar refractivity (Wildman–Crippen MR) is 161 cm³/mol. The standard InChI is InChI=1S/C35H41NO3/c1-7-38-32-13-10-12-28(21-32)25(5)36-26(6)31-20-29-11-8-9-14-33(29)34(22-31)30-16-15-24(4)27(19-30)17-18-35(37)39-23(2)3/h8-16,19-23,25-26,36H,7,17-18H2,1-6H3/t25-,26?/m1/s1. The molecule has 0 spiro atoms. The SMILES string of the molecule is CCOc1cccc([C@@H](C)NC(C)c2cc(-c3ccc(C)c(CCC(=O)OC(C)C)c3)c3ccccc3c2)c1. The van der Waals surface area contributed by atoms with Crippen LogP contribution in [0.1, 0.15) is 75.4 Å². The Balaban J connectivity index is 1.63. The van der Waals surface area contributed by atoms with Gasteiger partial charge in [0, 0.05) is 18.5 Å². The van der Waals surface area contributed by atoms with Crippen LogP contribution in [0.4, 0.5) is 0 Å². The van der Waals surface area contributed by atoms with Crippen LogP contribution in [-0.2, 0) is 16.0 Å². The molecule has 0 saturated heterocycles. The molecule has 0 aliphatic rings. The Bertz CT molecular complexity index is 1420. The van der Waals surface area contributed by atoms with Crippen LogP contribution in [0, 0.1) is 6.92 Å². The molecule has 4 nitrogen and oxygen atoms in total. The highest BCUT2D eigenvalue weighted by Crippen LogP contribution is 2.34. The molecule has 204 valence electrons.